The van der Waals surface area contributed by atoms with Gasteiger partial charge < -0.3 is 19.4 Å². The first-order valence-electron chi connectivity index (χ1n) is 10.8. The number of anilines is 1. The molecule has 0 spiro atoms. The Morgan fingerprint density at radius 3 is 2.50 bits per heavy atom. The van der Waals surface area contributed by atoms with Crippen molar-refractivity contribution in [2.24, 2.45) is 0 Å². The third-order valence-corrected chi connectivity index (χ3v) is 5.69. The van der Waals surface area contributed by atoms with E-state index in [-0.39, 0.29) is 5.91 Å². The van der Waals surface area contributed by atoms with Gasteiger partial charge in [-0.3, -0.25) is 14.1 Å². The summed E-state index contributed by atoms with van der Waals surface area (Å²) in [6.45, 7) is 9.15. The topological polar surface area (TPSA) is 56.6 Å². The second kappa shape index (κ2) is 10.2. The fraction of sp³-hybridized carbons (Fsp3) is 0.636. The maximum Gasteiger partial charge on any atom is 0.255 e. The van der Waals surface area contributed by atoms with Crippen LogP contribution in [0.1, 0.15) is 23.0 Å². The molecular weight excluding hydrogens is 380 g/mol. The third-order valence-electron chi connectivity index (χ3n) is 5.69. The molecule has 8 heteroatoms. The highest BCUT2D eigenvalue weighted by atomic mass is 16.5. The first-order valence-corrected chi connectivity index (χ1v) is 10.8. The normalized spacial score (nSPS) is 15.1. The van der Waals surface area contributed by atoms with E-state index in [1.165, 1.54) is 0 Å². The lowest BCUT2D eigenvalue weighted by molar-refractivity contribution is 0.0392. The van der Waals surface area contributed by atoms with Gasteiger partial charge in [-0.05, 0) is 32.6 Å². The maximum absolute atomic E-state index is 12.9. The summed E-state index contributed by atoms with van der Waals surface area (Å²) in [6.07, 6.45) is 2.79. The van der Waals surface area contributed by atoms with E-state index >= 15 is 0 Å². The third kappa shape index (κ3) is 5.30. The van der Waals surface area contributed by atoms with Crippen molar-refractivity contribution in [2.75, 3.05) is 85.6 Å². The Balaban J connectivity index is 1.80. The smallest absolute Gasteiger partial charge is 0.255 e. The summed E-state index contributed by atoms with van der Waals surface area (Å²) in [7, 11) is 8.00. The van der Waals surface area contributed by atoms with Gasteiger partial charge in [0.1, 0.15) is 11.5 Å². The molecule has 3 heterocycles. The molecular formula is C22H36N6O2. The van der Waals surface area contributed by atoms with Gasteiger partial charge in [0.15, 0.2) is 0 Å². The van der Waals surface area contributed by atoms with Gasteiger partial charge in [0.25, 0.3) is 5.91 Å². The lowest BCUT2D eigenvalue weighted by Crippen LogP contribution is -2.41. The van der Waals surface area contributed by atoms with Gasteiger partial charge in [0.05, 0.1) is 24.5 Å². The number of hydrogen-bond donors (Lipinski definition) is 0. The van der Waals surface area contributed by atoms with Gasteiger partial charge in [0, 0.05) is 59.6 Å². The lowest BCUT2D eigenvalue weighted by atomic mass is 10.2. The van der Waals surface area contributed by atoms with Gasteiger partial charge in [-0.25, -0.2) is 4.98 Å². The summed E-state index contributed by atoms with van der Waals surface area (Å²) in [4.78, 5) is 26.3. The number of aromatic nitrogens is 2. The SMILES string of the molecule is CCc1nc2ccc(C(=O)N(C)CCN(C)C)cn2c1N(C)CCN1CCOCC1. The van der Waals surface area contributed by atoms with Crippen LogP contribution < -0.4 is 4.90 Å². The van der Waals surface area contributed by atoms with Gasteiger partial charge >= 0.3 is 0 Å². The fourth-order valence-corrected chi connectivity index (χ4v) is 3.74. The number of nitrogens with zero attached hydrogens (tertiary/aromatic N) is 6. The van der Waals surface area contributed by atoms with Gasteiger partial charge in [0.2, 0.25) is 0 Å². The molecule has 0 atom stereocenters. The number of rotatable bonds is 9. The molecule has 0 radical (unpaired) electrons. The summed E-state index contributed by atoms with van der Waals surface area (Å²) < 4.78 is 7.52. The predicted molar refractivity (Wildman–Crippen MR) is 121 cm³/mol. The van der Waals surface area contributed by atoms with Crippen LogP contribution in [0.25, 0.3) is 5.65 Å². The maximum atomic E-state index is 12.9. The highest BCUT2D eigenvalue weighted by Gasteiger charge is 2.19. The number of amides is 1. The van der Waals surface area contributed by atoms with E-state index in [0.717, 1.165) is 69.5 Å². The highest BCUT2D eigenvalue weighted by Crippen LogP contribution is 2.23. The molecule has 1 saturated heterocycles. The Morgan fingerprint density at radius 1 is 1.10 bits per heavy atom. The number of fused-ring (bicyclic) bond motifs is 1. The molecule has 0 bridgehead atoms. The number of carbonyl (C=O) groups excluding carboxylic acids is 1. The first kappa shape index (κ1) is 22.5. The average molecular weight is 417 g/mol. The molecule has 0 saturated carbocycles. The number of imidazole rings is 1. The van der Waals surface area contributed by atoms with Crippen LogP contribution in [0.2, 0.25) is 0 Å². The minimum absolute atomic E-state index is 0.0346. The van der Waals surface area contributed by atoms with Crippen molar-refractivity contribution in [1.82, 2.24) is 24.1 Å². The summed E-state index contributed by atoms with van der Waals surface area (Å²) in [5.41, 5.74) is 2.63. The Kier molecular flexibility index (Phi) is 7.69. The quantitative estimate of drug-likeness (QED) is 0.614. The zero-order valence-electron chi connectivity index (χ0n) is 19.1. The Labute approximate surface area is 180 Å². The molecule has 30 heavy (non-hydrogen) atoms. The number of ether oxygens (including phenoxy) is 1. The molecule has 0 aliphatic carbocycles. The van der Waals surface area contributed by atoms with Crippen LogP contribution in [0.3, 0.4) is 0 Å². The van der Waals surface area contributed by atoms with Crippen LogP contribution in [0.15, 0.2) is 18.3 Å². The van der Waals surface area contributed by atoms with Crippen molar-refractivity contribution in [3.8, 4) is 0 Å². The van der Waals surface area contributed by atoms with E-state index in [4.69, 9.17) is 9.72 Å². The minimum atomic E-state index is 0.0346. The van der Waals surface area contributed by atoms with Gasteiger partial charge in [-0.15, -0.1) is 0 Å². The lowest BCUT2D eigenvalue weighted by Gasteiger charge is -2.29. The van der Waals surface area contributed by atoms with E-state index in [2.05, 4.69) is 33.1 Å². The summed E-state index contributed by atoms with van der Waals surface area (Å²) >= 11 is 0. The van der Waals surface area contributed by atoms with Crippen LogP contribution in [0.5, 0.6) is 0 Å². The number of morpholine rings is 1. The van der Waals surface area contributed by atoms with E-state index in [1.807, 2.05) is 39.5 Å². The van der Waals surface area contributed by atoms with Crippen molar-refractivity contribution < 1.29 is 9.53 Å². The molecule has 0 aromatic carbocycles. The zero-order valence-corrected chi connectivity index (χ0v) is 19.1. The van der Waals surface area contributed by atoms with Crippen LogP contribution in [-0.2, 0) is 11.2 Å². The number of pyridine rings is 1. The number of likely N-dealkylation sites (N-methyl/N-ethyl adjacent to an activating group) is 3. The molecule has 0 N–H and O–H groups in total. The standard InChI is InChI=1S/C22H36N6O2/c1-6-19-21(25(4)11-12-27-13-15-30-16-14-27)28-17-18(7-8-20(28)23-19)22(29)26(5)10-9-24(2)3/h7-8,17H,6,9-16H2,1-5H3. The molecule has 1 aliphatic heterocycles. The molecule has 1 aliphatic rings. The molecule has 2 aromatic rings. The summed E-state index contributed by atoms with van der Waals surface area (Å²) in [5.74, 6) is 1.11. The average Bonchev–Trinajstić information content (AvgIpc) is 3.13. The summed E-state index contributed by atoms with van der Waals surface area (Å²) in [6, 6.07) is 3.83. The van der Waals surface area contributed by atoms with Crippen molar-refractivity contribution in [3.05, 3.63) is 29.6 Å². The van der Waals surface area contributed by atoms with E-state index in [9.17, 15) is 4.79 Å². The molecule has 2 aromatic heterocycles. The minimum Gasteiger partial charge on any atom is -0.379 e. The Bertz CT molecular complexity index is 844. The Morgan fingerprint density at radius 2 is 1.83 bits per heavy atom. The van der Waals surface area contributed by atoms with Crippen molar-refractivity contribution in [1.29, 1.82) is 0 Å². The molecule has 8 nitrogen and oxygen atoms in total. The molecule has 3 rings (SSSR count). The number of hydrogen-bond acceptors (Lipinski definition) is 6. The van der Waals surface area contributed by atoms with E-state index in [0.29, 0.717) is 12.1 Å². The van der Waals surface area contributed by atoms with Crippen molar-refractivity contribution in [2.45, 2.75) is 13.3 Å². The second-order valence-electron chi connectivity index (χ2n) is 8.29. The fourth-order valence-electron chi connectivity index (χ4n) is 3.74. The van der Waals surface area contributed by atoms with Crippen LogP contribution in [0.4, 0.5) is 5.82 Å². The van der Waals surface area contributed by atoms with Crippen molar-refractivity contribution in [3.63, 3.8) is 0 Å². The molecule has 0 unspecified atom stereocenters. The predicted octanol–water partition coefficient (Wildman–Crippen LogP) is 1.30. The van der Waals surface area contributed by atoms with Crippen LogP contribution in [0, 0.1) is 0 Å². The van der Waals surface area contributed by atoms with E-state index < -0.39 is 0 Å². The van der Waals surface area contributed by atoms with E-state index in [1.54, 1.807) is 4.90 Å². The second-order valence-corrected chi connectivity index (χ2v) is 8.29. The summed E-state index contributed by atoms with van der Waals surface area (Å²) in [5, 5.41) is 0. The number of aryl methyl sites for hydroxylation is 1. The first-order chi connectivity index (χ1) is 14.4. The van der Waals surface area contributed by atoms with Gasteiger partial charge in [-0.2, -0.15) is 0 Å². The Hall–Kier alpha value is -2.16. The van der Waals surface area contributed by atoms with Gasteiger partial charge in [-0.1, -0.05) is 6.92 Å². The zero-order chi connectivity index (χ0) is 21.7. The monoisotopic (exact) mass is 416 g/mol. The number of carbonyl (C=O) groups is 1. The van der Waals surface area contributed by atoms with Crippen LogP contribution in [-0.4, -0.2) is 111 Å². The molecule has 1 amide bonds. The van der Waals surface area contributed by atoms with Crippen molar-refractivity contribution >= 4 is 17.4 Å². The molecule has 1 fully saturated rings. The van der Waals surface area contributed by atoms with Crippen LogP contribution >= 0.6 is 0 Å². The largest absolute Gasteiger partial charge is 0.379 e. The molecule has 166 valence electrons. The highest BCUT2D eigenvalue weighted by molar-refractivity contribution is 5.94.